The average Bonchev–Trinajstić information content (AvgIpc) is 2.95. The topological polar surface area (TPSA) is 75.3 Å². The first-order valence-corrected chi connectivity index (χ1v) is 9.76. The third-order valence-electron chi connectivity index (χ3n) is 4.00. The SMILES string of the molecule is CS(=O)(=O)Nc1ccc(NC(=O)Cc2ccc3c(c2)CCC3)cc1. The summed E-state index contributed by atoms with van der Waals surface area (Å²) in [6.45, 7) is 0. The van der Waals surface area contributed by atoms with Gasteiger partial charge >= 0.3 is 0 Å². The van der Waals surface area contributed by atoms with Gasteiger partial charge in [-0.25, -0.2) is 8.42 Å². The molecular formula is C18H20N2O3S. The molecule has 0 radical (unpaired) electrons. The van der Waals surface area contributed by atoms with E-state index in [9.17, 15) is 13.2 Å². The van der Waals surface area contributed by atoms with Gasteiger partial charge in [0.25, 0.3) is 0 Å². The van der Waals surface area contributed by atoms with Crippen LogP contribution in [0.4, 0.5) is 11.4 Å². The first-order valence-electron chi connectivity index (χ1n) is 7.87. The number of carbonyl (C=O) groups excluding carboxylic acids is 1. The summed E-state index contributed by atoms with van der Waals surface area (Å²) < 4.78 is 24.7. The molecule has 0 saturated carbocycles. The zero-order valence-electron chi connectivity index (χ0n) is 13.5. The van der Waals surface area contributed by atoms with Crippen LogP contribution in [-0.2, 0) is 34.1 Å². The Morgan fingerprint density at radius 3 is 2.38 bits per heavy atom. The fourth-order valence-electron chi connectivity index (χ4n) is 2.96. The molecule has 0 fully saturated rings. The van der Waals surface area contributed by atoms with Crippen LogP contribution in [0.3, 0.4) is 0 Å². The Morgan fingerprint density at radius 2 is 1.67 bits per heavy atom. The van der Waals surface area contributed by atoms with Gasteiger partial charge in [0.2, 0.25) is 15.9 Å². The van der Waals surface area contributed by atoms with Crippen LogP contribution in [0, 0.1) is 0 Å². The summed E-state index contributed by atoms with van der Waals surface area (Å²) in [5.74, 6) is -0.0863. The van der Waals surface area contributed by atoms with Crippen LogP contribution >= 0.6 is 0 Å². The van der Waals surface area contributed by atoms with Crippen molar-refractivity contribution in [3.8, 4) is 0 Å². The lowest BCUT2D eigenvalue weighted by atomic mass is 10.0. The smallest absolute Gasteiger partial charge is 0.229 e. The van der Waals surface area contributed by atoms with E-state index in [-0.39, 0.29) is 5.91 Å². The molecule has 0 aliphatic heterocycles. The molecule has 3 rings (SSSR count). The van der Waals surface area contributed by atoms with Crippen molar-refractivity contribution in [2.75, 3.05) is 16.3 Å². The summed E-state index contributed by atoms with van der Waals surface area (Å²) in [7, 11) is -3.30. The highest BCUT2D eigenvalue weighted by atomic mass is 32.2. The van der Waals surface area contributed by atoms with Crippen LogP contribution in [-0.4, -0.2) is 20.6 Å². The van der Waals surface area contributed by atoms with Crippen LogP contribution in [0.15, 0.2) is 42.5 Å². The van der Waals surface area contributed by atoms with Gasteiger partial charge in [0.05, 0.1) is 12.7 Å². The number of hydrogen-bond donors (Lipinski definition) is 2. The number of carbonyl (C=O) groups is 1. The van der Waals surface area contributed by atoms with E-state index in [1.54, 1.807) is 24.3 Å². The molecule has 2 N–H and O–H groups in total. The highest BCUT2D eigenvalue weighted by molar-refractivity contribution is 7.92. The Kier molecular flexibility index (Phi) is 4.57. The van der Waals surface area contributed by atoms with Crippen LogP contribution in [0.5, 0.6) is 0 Å². The summed E-state index contributed by atoms with van der Waals surface area (Å²) in [5, 5.41) is 2.83. The number of benzene rings is 2. The van der Waals surface area contributed by atoms with Gasteiger partial charge in [-0.05, 0) is 60.2 Å². The van der Waals surface area contributed by atoms with Crippen LogP contribution in [0.25, 0.3) is 0 Å². The van der Waals surface area contributed by atoms with E-state index in [0.29, 0.717) is 17.8 Å². The Bertz CT molecular complexity index is 858. The summed E-state index contributed by atoms with van der Waals surface area (Å²) >= 11 is 0. The third-order valence-corrected chi connectivity index (χ3v) is 4.61. The minimum absolute atomic E-state index is 0.0863. The fraction of sp³-hybridized carbons (Fsp3) is 0.278. The molecule has 1 amide bonds. The van der Waals surface area contributed by atoms with Crippen molar-refractivity contribution >= 4 is 27.3 Å². The summed E-state index contributed by atoms with van der Waals surface area (Å²) in [4.78, 5) is 12.2. The van der Waals surface area contributed by atoms with E-state index >= 15 is 0 Å². The van der Waals surface area contributed by atoms with Crippen molar-refractivity contribution < 1.29 is 13.2 Å². The standard InChI is InChI=1S/C18H20N2O3S/c1-24(22,23)20-17-9-7-16(8-10-17)19-18(21)12-13-5-6-14-3-2-4-15(14)11-13/h5-11,20H,2-4,12H2,1H3,(H,19,21). The lowest BCUT2D eigenvalue weighted by molar-refractivity contribution is -0.115. The zero-order valence-corrected chi connectivity index (χ0v) is 14.3. The monoisotopic (exact) mass is 344 g/mol. The molecule has 1 aliphatic carbocycles. The quantitative estimate of drug-likeness (QED) is 0.876. The number of hydrogen-bond acceptors (Lipinski definition) is 3. The summed E-state index contributed by atoms with van der Waals surface area (Å²) in [6, 6.07) is 12.8. The predicted octanol–water partition coefficient (Wildman–Crippen LogP) is 2.73. The van der Waals surface area contributed by atoms with E-state index in [1.807, 2.05) is 6.07 Å². The van der Waals surface area contributed by atoms with Crippen molar-refractivity contribution in [2.45, 2.75) is 25.7 Å². The van der Waals surface area contributed by atoms with Crippen LogP contribution in [0.1, 0.15) is 23.1 Å². The maximum atomic E-state index is 12.2. The first-order chi connectivity index (χ1) is 11.4. The van der Waals surface area contributed by atoms with Crippen molar-refractivity contribution in [3.63, 3.8) is 0 Å². The second-order valence-electron chi connectivity index (χ2n) is 6.13. The Balaban J connectivity index is 1.60. The number of amides is 1. The molecule has 24 heavy (non-hydrogen) atoms. The normalized spacial score (nSPS) is 13.4. The molecule has 0 atom stereocenters. The predicted molar refractivity (Wildman–Crippen MR) is 95.7 cm³/mol. The molecule has 0 saturated heterocycles. The molecule has 126 valence electrons. The van der Waals surface area contributed by atoms with E-state index in [0.717, 1.165) is 24.7 Å². The van der Waals surface area contributed by atoms with E-state index in [4.69, 9.17) is 0 Å². The number of anilines is 2. The van der Waals surface area contributed by atoms with Crippen LogP contribution < -0.4 is 10.0 Å². The summed E-state index contributed by atoms with van der Waals surface area (Å²) in [6.07, 6.45) is 4.85. The van der Waals surface area contributed by atoms with Gasteiger partial charge in [-0.2, -0.15) is 0 Å². The highest BCUT2D eigenvalue weighted by Gasteiger charge is 2.12. The first kappa shape index (κ1) is 16.5. The van der Waals surface area contributed by atoms with E-state index in [1.165, 1.54) is 17.5 Å². The van der Waals surface area contributed by atoms with Crippen molar-refractivity contribution in [1.29, 1.82) is 0 Å². The maximum Gasteiger partial charge on any atom is 0.229 e. The van der Waals surface area contributed by atoms with Gasteiger partial charge in [-0.3, -0.25) is 9.52 Å². The molecular weight excluding hydrogens is 324 g/mol. The maximum absolute atomic E-state index is 12.2. The van der Waals surface area contributed by atoms with Gasteiger partial charge in [0, 0.05) is 11.4 Å². The zero-order chi connectivity index (χ0) is 17.2. The number of sulfonamides is 1. The van der Waals surface area contributed by atoms with Crippen molar-refractivity contribution in [3.05, 3.63) is 59.2 Å². The number of nitrogens with one attached hydrogen (secondary N) is 2. The highest BCUT2D eigenvalue weighted by Crippen LogP contribution is 2.23. The number of fused-ring (bicyclic) bond motifs is 1. The second-order valence-corrected chi connectivity index (χ2v) is 7.88. The minimum atomic E-state index is -3.30. The fourth-order valence-corrected chi connectivity index (χ4v) is 3.53. The molecule has 0 bridgehead atoms. The second kappa shape index (κ2) is 6.65. The largest absolute Gasteiger partial charge is 0.326 e. The Hall–Kier alpha value is -2.34. The van der Waals surface area contributed by atoms with E-state index < -0.39 is 10.0 Å². The molecule has 0 unspecified atom stereocenters. The van der Waals surface area contributed by atoms with Gasteiger partial charge in [-0.1, -0.05) is 18.2 Å². The molecule has 5 nitrogen and oxygen atoms in total. The van der Waals surface area contributed by atoms with Crippen molar-refractivity contribution in [2.24, 2.45) is 0 Å². The molecule has 0 aromatic heterocycles. The Morgan fingerprint density at radius 1 is 1.00 bits per heavy atom. The van der Waals surface area contributed by atoms with Gasteiger partial charge in [-0.15, -0.1) is 0 Å². The Labute approximate surface area is 142 Å². The third kappa shape index (κ3) is 4.35. The molecule has 1 aliphatic rings. The average molecular weight is 344 g/mol. The lowest BCUT2D eigenvalue weighted by Crippen LogP contribution is -2.14. The van der Waals surface area contributed by atoms with Crippen LogP contribution in [0.2, 0.25) is 0 Å². The van der Waals surface area contributed by atoms with Crippen molar-refractivity contribution in [1.82, 2.24) is 0 Å². The molecule has 2 aromatic rings. The number of aryl methyl sites for hydroxylation is 2. The number of rotatable bonds is 5. The summed E-state index contributed by atoms with van der Waals surface area (Å²) in [5.41, 5.74) is 4.88. The van der Waals surface area contributed by atoms with Gasteiger partial charge in [0.15, 0.2) is 0 Å². The lowest BCUT2D eigenvalue weighted by Gasteiger charge is -2.08. The molecule has 0 heterocycles. The molecule has 6 heteroatoms. The van der Waals surface area contributed by atoms with E-state index in [2.05, 4.69) is 22.2 Å². The molecule has 2 aromatic carbocycles. The van der Waals surface area contributed by atoms with Gasteiger partial charge < -0.3 is 5.32 Å². The molecule has 0 spiro atoms. The van der Waals surface area contributed by atoms with Gasteiger partial charge in [0.1, 0.15) is 0 Å². The minimum Gasteiger partial charge on any atom is -0.326 e.